The van der Waals surface area contributed by atoms with Gasteiger partial charge in [-0.05, 0) is 11.6 Å². The van der Waals surface area contributed by atoms with Crippen LogP contribution in [-0.4, -0.2) is 21.8 Å². The topological polar surface area (TPSA) is 18.8 Å². The number of para-hydroxylation sites is 1. The van der Waals surface area contributed by atoms with Crippen LogP contribution < -0.4 is 12.4 Å². The number of aromatic nitrogens is 1. The first kappa shape index (κ1) is 14.5. The quantitative estimate of drug-likeness (QED) is 0.646. The van der Waals surface area contributed by atoms with Gasteiger partial charge in [-0.1, -0.05) is 48.5 Å². The standard InChI is InChI=1S/C20H18N2.ClH/c1-2-6-14(7-3-1)18-10-11-19-20-16(12-13-22(18)19)15-8-4-5-9-17(15)21-20;/h1-9,18H,10-13H2;1H. The van der Waals surface area contributed by atoms with Crippen LogP contribution in [0.15, 0.2) is 54.6 Å². The van der Waals surface area contributed by atoms with Crippen molar-refractivity contribution in [3.05, 3.63) is 71.4 Å². The first-order chi connectivity index (χ1) is 10.9. The molecule has 1 atom stereocenters. The minimum atomic E-state index is 0. The number of rotatable bonds is 1. The highest BCUT2D eigenvalue weighted by Crippen LogP contribution is 2.36. The third kappa shape index (κ3) is 2.13. The van der Waals surface area contributed by atoms with Crippen molar-refractivity contribution in [2.75, 3.05) is 6.54 Å². The van der Waals surface area contributed by atoms with E-state index >= 15 is 0 Å². The Balaban J connectivity index is 0.00000135. The molecule has 0 amide bonds. The minimum Gasteiger partial charge on any atom is -1.00 e. The summed E-state index contributed by atoms with van der Waals surface area (Å²) in [5, 5.41) is 1.41. The van der Waals surface area contributed by atoms with Gasteiger partial charge in [0, 0.05) is 35.7 Å². The molecule has 1 unspecified atom stereocenters. The van der Waals surface area contributed by atoms with E-state index in [-0.39, 0.29) is 12.4 Å². The second-order valence-electron chi connectivity index (χ2n) is 6.38. The van der Waals surface area contributed by atoms with Crippen molar-refractivity contribution < 1.29 is 17.0 Å². The summed E-state index contributed by atoms with van der Waals surface area (Å²) in [6, 6.07) is 20.2. The number of benzene rings is 2. The number of nitrogens with one attached hydrogen (secondary N) is 1. The number of H-pyrrole nitrogens is 1. The maximum absolute atomic E-state index is 3.68. The summed E-state index contributed by atoms with van der Waals surface area (Å²) >= 11 is 0. The molecule has 23 heavy (non-hydrogen) atoms. The van der Waals surface area contributed by atoms with E-state index in [2.05, 4.69) is 64.2 Å². The van der Waals surface area contributed by atoms with Gasteiger partial charge in [0.15, 0.2) is 6.04 Å². The fourth-order valence-corrected chi connectivity index (χ4v) is 4.28. The van der Waals surface area contributed by atoms with E-state index in [0.717, 1.165) is 13.0 Å². The molecule has 0 spiro atoms. The second kappa shape index (κ2) is 5.54. The number of halogens is 1. The smallest absolute Gasteiger partial charge is 0.200 e. The van der Waals surface area contributed by atoms with E-state index in [1.807, 2.05) is 0 Å². The van der Waals surface area contributed by atoms with Gasteiger partial charge in [0.1, 0.15) is 12.2 Å². The van der Waals surface area contributed by atoms with Gasteiger partial charge in [0.2, 0.25) is 5.71 Å². The maximum Gasteiger partial charge on any atom is 0.200 e. The van der Waals surface area contributed by atoms with Crippen LogP contribution in [0.3, 0.4) is 0 Å². The van der Waals surface area contributed by atoms with Crippen molar-refractivity contribution in [3.63, 3.8) is 0 Å². The highest BCUT2D eigenvalue weighted by atomic mass is 35.5. The van der Waals surface area contributed by atoms with Gasteiger partial charge >= 0.3 is 0 Å². The summed E-state index contributed by atoms with van der Waals surface area (Å²) in [5.41, 5.74) is 7.18. The van der Waals surface area contributed by atoms with Crippen LogP contribution in [0.2, 0.25) is 0 Å². The fraction of sp³-hybridized carbons (Fsp3) is 0.250. The van der Waals surface area contributed by atoms with Crippen LogP contribution in [0.1, 0.15) is 35.7 Å². The predicted molar refractivity (Wildman–Crippen MR) is 89.7 cm³/mol. The van der Waals surface area contributed by atoms with Gasteiger partial charge in [0.25, 0.3) is 0 Å². The Morgan fingerprint density at radius 3 is 2.57 bits per heavy atom. The molecule has 3 heteroatoms. The van der Waals surface area contributed by atoms with Crippen LogP contribution in [0.4, 0.5) is 0 Å². The molecule has 116 valence electrons. The van der Waals surface area contributed by atoms with E-state index in [1.165, 1.54) is 46.3 Å². The van der Waals surface area contributed by atoms with E-state index in [4.69, 9.17) is 0 Å². The second-order valence-corrected chi connectivity index (χ2v) is 6.38. The highest BCUT2D eigenvalue weighted by molar-refractivity contribution is 6.03. The summed E-state index contributed by atoms with van der Waals surface area (Å²) in [4.78, 5) is 3.68. The molecule has 0 saturated heterocycles. The summed E-state index contributed by atoms with van der Waals surface area (Å²) in [6.45, 7) is 1.14. The Kier molecular flexibility index (Phi) is 3.50. The molecule has 3 aromatic rings. The van der Waals surface area contributed by atoms with E-state index in [9.17, 15) is 0 Å². The lowest BCUT2D eigenvalue weighted by molar-refractivity contribution is -0.565. The highest BCUT2D eigenvalue weighted by Gasteiger charge is 2.39. The van der Waals surface area contributed by atoms with E-state index < -0.39 is 0 Å². The Labute approximate surface area is 142 Å². The molecule has 0 fully saturated rings. The van der Waals surface area contributed by atoms with Crippen LogP contribution in [0, 0.1) is 0 Å². The van der Waals surface area contributed by atoms with Crippen molar-refractivity contribution in [1.29, 1.82) is 0 Å². The van der Waals surface area contributed by atoms with E-state index in [1.54, 1.807) is 0 Å². The SMILES string of the molecule is [Cl-].c1ccc(C2CCC3=[N+]2CCc2c3[nH]c3ccccc23)cc1. The number of aromatic amines is 1. The first-order valence-electron chi connectivity index (χ1n) is 8.19. The molecule has 2 aliphatic rings. The van der Waals surface area contributed by atoms with Crippen molar-refractivity contribution in [2.24, 2.45) is 0 Å². The van der Waals surface area contributed by atoms with Gasteiger partial charge in [-0.2, -0.15) is 0 Å². The number of nitrogens with zero attached hydrogens (tertiary/aromatic N) is 1. The minimum absolute atomic E-state index is 0. The molecule has 2 nitrogen and oxygen atoms in total. The average Bonchev–Trinajstić information content (AvgIpc) is 3.16. The zero-order valence-electron chi connectivity index (χ0n) is 12.9. The largest absolute Gasteiger partial charge is 1.00 e. The lowest BCUT2D eigenvalue weighted by atomic mass is 10.0. The molecular weight excluding hydrogens is 304 g/mol. The summed E-state index contributed by atoms with van der Waals surface area (Å²) in [5.74, 6) is 0. The number of hydrogen-bond acceptors (Lipinski definition) is 0. The zero-order valence-corrected chi connectivity index (χ0v) is 13.7. The van der Waals surface area contributed by atoms with Gasteiger partial charge < -0.3 is 17.4 Å². The Morgan fingerprint density at radius 2 is 1.70 bits per heavy atom. The molecule has 2 aliphatic heterocycles. The number of hydrogen-bond donors (Lipinski definition) is 1. The lowest BCUT2D eigenvalue weighted by Crippen LogP contribution is -3.00. The van der Waals surface area contributed by atoms with Crippen LogP contribution in [0.5, 0.6) is 0 Å². The van der Waals surface area contributed by atoms with Crippen molar-refractivity contribution in [1.82, 2.24) is 4.98 Å². The van der Waals surface area contributed by atoms with Gasteiger partial charge in [-0.3, -0.25) is 0 Å². The average molecular weight is 323 g/mol. The van der Waals surface area contributed by atoms with Crippen molar-refractivity contribution >= 4 is 16.6 Å². The van der Waals surface area contributed by atoms with Gasteiger partial charge in [0.05, 0.1) is 0 Å². The molecule has 0 aliphatic carbocycles. The molecule has 0 bridgehead atoms. The van der Waals surface area contributed by atoms with E-state index in [0.29, 0.717) is 6.04 Å². The maximum atomic E-state index is 3.68. The van der Waals surface area contributed by atoms with Crippen molar-refractivity contribution in [3.8, 4) is 0 Å². The molecular formula is C20H19ClN2. The molecule has 0 radical (unpaired) electrons. The molecule has 1 N–H and O–H groups in total. The lowest BCUT2D eigenvalue weighted by Gasteiger charge is -2.15. The molecule has 3 heterocycles. The predicted octanol–water partition coefficient (Wildman–Crippen LogP) is 1.06. The van der Waals surface area contributed by atoms with Gasteiger partial charge in [-0.25, -0.2) is 4.58 Å². The summed E-state index contributed by atoms with van der Waals surface area (Å²) in [7, 11) is 0. The van der Waals surface area contributed by atoms with Crippen molar-refractivity contribution in [2.45, 2.75) is 25.3 Å². The monoisotopic (exact) mass is 322 g/mol. The normalized spacial score (nSPS) is 19.4. The van der Waals surface area contributed by atoms with Crippen LogP contribution in [0.25, 0.3) is 10.9 Å². The molecule has 5 rings (SSSR count). The fourth-order valence-electron chi connectivity index (χ4n) is 4.28. The van der Waals surface area contributed by atoms with Crippen LogP contribution >= 0.6 is 0 Å². The zero-order chi connectivity index (χ0) is 14.5. The Hall–Kier alpha value is -2.06. The molecule has 2 aromatic carbocycles. The Morgan fingerprint density at radius 1 is 0.913 bits per heavy atom. The molecule has 1 aromatic heterocycles. The van der Waals surface area contributed by atoms with Crippen LogP contribution in [-0.2, 0) is 6.42 Å². The molecule has 0 saturated carbocycles. The third-order valence-electron chi connectivity index (χ3n) is 5.27. The Bertz CT molecular complexity index is 892. The third-order valence-corrected chi connectivity index (χ3v) is 5.27. The number of fused-ring (bicyclic) bond motifs is 4. The first-order valence-corrected chi connectivity index (χ1v) is 8.19. The summed E-state index contributed by atoms with van der Waals surface area (Å²) < 4.78 is 2.63. The summed E-state index contributed by atoms with van der Waals surface area (Å²) in [6.07, 6.45) is 3.56. The van der Waals surface area contributed by atoms with Gasteiger partial charge in [-0.15, -0.1) is 0 Å².